The van der Waals surface area contributed by atoms with Crippen LogP contribution in [0.25, 0.3) is 0 Å². The maximum absolute atomic E-state index is 11.5. The van der Waals surface area contributed by atoms with Crippen LogP contribution in [0.5, 0.6) is 5.75 Å². The molecule has 0 bridgehead atoms. The molecular formula is C10H12ClNO2. The summed E-state index contributed by atoms with van der Waals surface area (Å²) in [5, 5.41) is 12.2. The first-order valence-corrected chi connectivity index (χ1v) is 4.79. The van der Waals surface area contributed by atoms with Crippen LogP contribution in [0.2, 0.25) is 5.02 Å². The van der Waals surface area contributed by atoms with Crippen LogP contribution in [0, 0.1) is 0 Å². The third-order valence-electron chi connectivity index (χ3n) is 1.73. The van der Waals surface area contributed by atoms with Gasteiger partial charge in [0, 0.05) is 6.54 Å². The van der Waals surface area contributed by atoms with E-state index in [1.54, 1.807) is 0 Å². The van der Waals surface area contributed by atoms with Crippen molar-refractivity contribution in [2.45, 2.75) is 13.3 Å². The number of halogens is 1. The molecule has 1 aromatic carbocycles. The summed E-state index contributed by atoms with van der Waals surface area (Å²) in [4.78, 5) is 11.5. The van der Waals surface area contributed by atoms with E-state index in [9.17, 15) is 9.90 Å². The quantitative estimate of drug-likeness (QED) is 0.809. The summed E-state index contributed by atoms with van der Waals surface area (Å²) in [5.41, 5.74) is 0.306. The molecule has 0 saturated carbocycles. The van der Waals surface area contributed by atoms with Gasteiger partial charge in [0.1, 0.15) is 5.75 Å². The highest BCUT2D eigenvalue weighted by Crippen LogP contribution is 2.20. The van der Waals surface area contributed by atoms with Crippen molar-refractivity contribution in [3.05, 3.63) is 28.8 Å². The van der Waals surface area contributed by atoms with Gasteiger partial charge in [-0.25, -0.2) is 0 Å². The molecule has 76 valence electrons. The van der Waals surface area contributed by atoms with Gasteiger partial charge in [-0.05, 0) is 24.6 Å². The van der Waals surface area contributed by atoms with Crippen molar-refractivity contribution in [2.24, 2.45) is 0 Å². The highest BCUT2D eigenvalue weighted by Gasteiger charge is 2.09. The van der Waals surface area contributed by atoms with Gasteiger partial charge < -0.3 is 10.4 Å². The van der Waals surface area contributed by atoms with Crippen LogP contribution >= 0.6 is 11.6 Å². The number of rotatable bonds is 3. The van der Waals surface area contributed by atoms with E-state index < -0.39 is 0 Å². The van der Waals surface area contributed by atoms with Gasteiger partial charge in [0.15, 0.2) is 0 Å². The lowest BCUT2D eigenvalue weighted by Gasteiger charge is -2.05. The molecule has 1 rings (SSSR count). The standard InChI is InChI=1S/C10H12ClNO2/c1-2-5-12-10(14)8-6-7(13)3-4-9(8)11/h3-4,6,13H,2,5H2,1H3,(H,12,14). The number of carbonyl (C=O) groups is 1. The van der Waals surface area contributed by atoms with E-state index in [0.29, 0.717) is 17.1 Å². The minimum atomic E-state index is -0.257. The first kappa shape index (κ1) is 10.9. The Kier molecular flexibility index (Phi) is 3.77. The molecule has 0 aromatic heterocycles. The van der Waals surface area contributed by atoms with Crippen LogP contribution in [0.1, 0.15) is 23.7 Å². The van der Waals surface area contributed by atoms with E-state index in [0.717, 1.165) is 6.42 Å². The first-order chi connectivity index (χ1) is 6.65. The van der Waals surface area contributed by atoms with Gasteiger partial charge >= 0.3 is 0 Å². The first-order valence-electron chi connectivity index (χ1n) is 4.42. The summed E-state index contributed by atoms with van der Waals surface area (Å²) >= 11 is 5.80. The summed E-state index contributed by atoms with van der Waals surface area (Å²) in [6.45, 7) is 2.56. The Morgan fingerprint density at radius 3 is 2.93 bits per heavy atom. The molecule has 0 aliphatic heterocycles. The van der Waals surface area contributed by atoms with Crippen LogP contribution in [0.4, 0.5) is 0 Å². The van der Waals surface area contributed by atoms with E-state index in [1.165, 1.54) is 18.2 Å². The largest absolute Gasteiger partial charge is 0.508 e. The molecule has 2 N–H and O–H groups in total. The lowest BCUT2D eigenvalue weighted by atomic mass is 10.2. The number of aromatic hydroxyl groups is 1. The van der Waals surface area contributed by atoms with Crippen molar-refractivity contribution >= 4 is 17.5 Å². The second-order valence-electron chi connectivity index (χ2n) is 2.92. The predicted molar refractivity (Wildman–Crippen MR) is 55.7 cm³/mol. The molecule has 4 heteroatoms. The summed E-state index contributed by atoms with van der Waals surface area (Å²) in [5.74, 6) is -0.219. The molecular weight excluding hydrogens is 202 g/mol. The molecule has 1 amide bonds. The fourth-order valence-electron chi connectivity index (χ4n) is 1.02. The number of nitrogens with one attached hydrogen (secondary N) is 1. The van der Waals surface area contributed by atoms with Crippen molar-refractivity contribution < 1.29 is 9.90 Å². The Hall–Kier alpha value is -1.22. The zero-order valence-electron chi connectivity index (χ0n) is 7.88. The van der Waals surface area contributed by atoms with Gasteiger partial charge in [0.25, 0.3) is 5.91 Å². The lowest BCUT2D eigenvalue weighted by molar-refractivity contribution is 0.0953. The second-order valence-corrected chi connectivity index (χ2v) is 3.33. The highest BCUT2D eigenvalue weighted by atomic mass is 35.5. The molecule has 0 aliphatic carbocycles. The Morgan fingerprint density at radius 2 is 2.29 bits per heavy atom. The number of phenolic OH excluding ortho intramolecular Hbond substituents is 1. The summed E-state index contributed by atoms with van der Waals surface area (Å²) in [6, 6.07) is 4.30. The van der Waals surface area contributed by atoms with Gasteiger partial charge in [0.2, 0.25) is 0 Å². The summed E-state index contributed by atoms with van der Waals surface area (Å²) in [7, 11) is 0. The second kappa shape index (κ2) is 4.86. The molecule has 14 heavy (non-hydrogen) atoms. The van der Waals surface area contributed by atoms with Crippen LogP contribution in [-0.4, -0.2) is 17.6 Å². The normalized spacial score (nSPS) is 9.86. The van der Waals surface area contributed by atoms with E-state index in [1.807, 2.05) is 6.92 Å². The molecule has 0 spiro atoms. The topological polar surface area (TPSA) is 49.3 Å². The SMILES string of the molecule is CCCNC(=O)c1cc(O)ccc1Cl. The number of amides is 1. The summed E-state index contributed by atoms with van der Waals surface area (Å²) < 4.78 is 0. The van der Waals surface area contributed by atoms with Crippen molar-refractivity contribution in [3.8, 4) is 5.75 Å². The number of phenols is 1. The van der Waals surface area contributed by atoms with Gasteiger partial charge in [-0.2, -0.15) is 0 Å². The Bertz CT molecular complexity index is 339. The van der Waals surface area contributed by atoms with E-state index in [2.05, 4.69) is 5.32 Å². The van der Waals surface area contributed by atoms with Crippen molar-refractivity contribution in [1.82, 2.24) is 5.32 Å². The Balaban J connectivity index is 2.83. The molecule has 0 unspecified atom stereocenters. The van der Waals surface area contributed by atoms with Crippen LogP contribution in [0.15, 0.2) is 18.2 Å². The Labute approximate surface area is 87.7 Å². The number of carbonyl (C=O) groups excluding carboxylic acids is 1. The average Bonchev–Trinajstić information content (AvgIpc) is 2.18. The molecule has 0 aliphatic rings. The molecule has 3 nitrogen and oxygen atoms in total. The minimum Gasteiger partial charge on any atom is -0.508 e. The van der Waals surface area contributed by atoms with E-state index in [4.69, 9.17) is 11.6 Å². The zero-order chi connectivity index (χ0) is 10.6. The molecule has 0 heterocycles. The van der Waals surface area contributed by atoms with Crippen molar-refractivity contribution in [3.63, 3.8) is 0 Å². The van der Waals surface area contributed by atoms with Crippen LogP contribution < -0.4 is 5.32 Å². The van der Waals surface area contributed by atoms with Crippen LogP contribution in [-0.2, 0) is 0 Å². The number of hydrogen-bond acceptors (Lipinski definition) is 2. The fourth-order valence-corrected chi connectivity index (χ4v) is 1.22. The van der Waals surface area contributed by atoms with Crippen molar-refractivity contribution in [2.75, 3.05) is 6.54 Å². The predicted octanol–water partition coefficient (Wildman–Crippen LogP) is 2.19. The van der Waals surface area contributed by atoms with Gasteiger partial charge in [-0.15, -0.1) is 0 Å². The molecule has 0 saturated heterocycles. The van der Waals surface area contributed by atoms with Crippen molar-refractivity contribution in [1.29, 1.82) is 0 Å². The molecule has 0 radical (unpaired) electrons. The van der Waals surface area contributed by atoms with E-state index in [-0.39, 0.29) is 11.7 Å². The third kappa shape index (κ3) is 2.64. The zero-order valence-corrected chi connectivity index (χ0v) is 8.64. The van der Waals surface area contributed by atoms with Gasteiger partial charge in [-0.1, -0.05) is 18.5 Å². The lowest BCUT2D eigenvalue weighted by Crippen LogP contribution is -2.24. The maximum atomic E-state index is 11.5. The average molecular weight is 214 g/mol. The van der Waals surface area contributed by atoms with E-state index >= 15 is 0 Å². The molecule has 0 fully saturated rings. The number of benzene rings is 1. The molecule has 0 atom stereocenters. The number of hydrogen-bond donors (Lipinski definition) is 2. The van der Waals surface area contributed by atoms with Gasteiger partial charge in [-0.3, -0.25) is 4.79 Å². The van der Waals surface area contributed by atoms with Crippen LogP contribution in [0.3, 0.4) is 0 Å². The Morgan fingerprint density at radius 1 is 1.57 bits per heavy atom. The maximum Gasteiger partial charge on any atom is 0.252 e. The third-order valence-corrected chi connectivity index (χ3v) is 2.06. The van der Waals surface area contributed by atoms with Gasteiger partial charge in [0.05, 0.1) is 10.6 Å². The molecule has 1 aromatic rings. The highest BCUT2D eigenvalue weighted by molar-refractivity contribution is 6.33. The smallest absolute Gasteiger partial charge is 0.252 e. The minimum absolute atomic E-state index is 0.0380. The monoisotopic (exact) mass is 213 g/mol. The summed E-state index contributed by atoms with van der Waals surface area (Å²) in [6.07, 6.45) is 0.863. The fraction of sp³-hybridized carbons (Fsp3) is 0.300.